The van der Waals surface area contributed by atoms with Crippen LogP contribution in [0, 0.1) is 0 Å². The lowest BCUT2D eigenvalue weighted by Gasteiger charge is -2.04. The Kier molecular flexibility index (Phi) is 2.90. The van der Waals surface area contributed by atoms with Crippen LogP contribution in [0.3, 0.4) is 0 Å². The molecule has 82 valence electrons. The van der Waals surface area contributed by atoms with E-state index >= 15 is 0 Å². The quantitative estimate of drug-likeness (QED) is 0.793. The number of pyridine rings is 1. The smallest absolute Gasteiger partial charge is 0.271 e. The molecule has 0 aromatic carbocycles. The molecule has 0 atom stereocenters. The molecule has 0 spiro atoms. The van der Waals surface area contributed by atoms with Crippen molar-refractivity contribution in [2.75, 3.05) is 0 Å². The zero-order valence-corrected chi connectivity index (χ0v) is 8.79. The summed E-state index contributed by atoms with van der Waals surface area (Å²) in [6.07, 6.45) is 4.81. The molecule has 6 nitrogen and oxygen atoms in total. The molecule has 2 aromatic rings. The average Bonchev–Trinajstić information content (AvgIpc) is 2.74. The van der Waals surface area contributed by atoms with Crippen molar-refractivity contribution in [3.05, 3.63) is 42.0 Å². The molecule has 16 heavy (non-hydrogen) atoms. The van der Waals surface area contributed by atoms with Crippen LogP contribution in [0.2, 0.25) is 0 Å². The second-order valence-electron chi connectivity index (χ2n) is 3.28. The van der Waals surface area contributed by atoms with Gasteiger partial charge in [0, 0.05) is 26.0 Å². The predicted molar refractivity (Wildman–Crippen MR) is 56.4 cm³/mol. The summed E-state index contributed by atoms with van der Waals surface area (Å²) in [5.41, 5.74) is 1.44. The van der Waals surface area contributed by atoms with Gasteiger partial charge in [0.05, 0.1) is 6.20 Å². The van der Waals surface area contributed by atoms with E-state index in [1.54, 1.807) is 19.4 Å². The maximum atomic E-state index is 11.7. The first kappa shape index (κ1) is 10.3. The fourth-order valence-electron chi connectivity index (χ4n) is 1.27. The van der Waals surface area contributed by atoms with Crippen molar-refractivity contribution in [3.8, 4) is 0 Å². The zero-order chi connectivity index (χ0) is 11.4. The molecule has 0 aliphatic carbocycles. The molecule has 2 heterocycles. The Morgan fingerprint density at radius 1 is 1.44 bits per heavy atom. The van der Waals surface area contributed by atoms with E-state index in [4.69, 9.17) is 0 Å². The minimum Gasteiger partial charge on any atom is -0.347 e. The Labute approximate surface area is 92.3 Å². The number of nitrogens with one attached hydrogen (secondary N) is 1. The Morgan fingerprint density at radius 2 is 2.19 bits per heavy atom. The van der Waals surface area contributed by atoms with Crippen molar-refractivity contribution in [1.29, 1.82) is 0 Å². The van der Waals surface area contributed by atoms with Crippen molar-refractivity contribution in [2.24, 2.45) is 7.05 Å². The van der Waals surface area contributed by atoms with Gasteiger partial charge in [-0.2, -0.15) is 0 Å². The van der Waals surface area contributed by atoms with Gasteiger partial charge in [-0.25, -0.2) is 4.68 Å². The monoisotopic (exact) mass is 217 g/mol. The van der Waals surface area contributed by atoms with Crippen LogP contribution in [0.1, 0.15) is 16.1 Å². The molecule has 1 N–H and O–H groups in total. The summed E-state index contributed by atoms with van der Waals surface area (Å²) in [6, 6.07) is 3.70. The molecular weight excluding hydrogens is 206 g/mol. The summed E-state index contributed by atoms with van der Waals surface area (Å²) in [5, 5.41) is 10.1. The first-order chi connectivity index (χ1) is 7.77. The van der Waals surface area contributed by atoms with Crippen LogP contribution >= 0.6 is 0 Å². The summed E-state index contributed by atoms with van der Waals surface area (Å²) >= 11 is 0. The van der Waals surface area contributed by atoms with Crippen molar-refractivity contribution < 1.29 is 4.79 Å². The highest BCUT2D eigenvalue weighted by Crippen LogP contribution is 1.97. The second-order valence-corrected chi connectivity index (χ2v) is 3.28. The van der Waals surface area contributed by atoms with E-state index in [0.29, 0.717) is 12.2 Å². The number of aromatic nitrogens is 4. The number of carbonyl (C=O) groups excluding carboxylic acids is 1. The number of aryl methyl sites for hydroxylation is 1. The lowest BCUT2D eigenvalue weighted by atomic mass is 10.2. The zero-order valence-electron chi connectivity index (χ0n) is 8.79. The average molecular weight is 217 g/mol. The topological polar surface area (TPSA) is 72.7 Å². The van der Waals surface area contributed by atoms with Gasteiger partial charge in [-0.1, -0.05) is 5.21 Å². The molecule has 0 aliphatic rings. The first-order valence-corrected chi connectivity index (χ1v) is 4.79. The van der Waals surface area contributed by atoms with E-state index in [0.717, 1.165) is 5.56 Å². The molecule has 2 rings (SSSR count). The van der Waals surface area contributed by atoms with Crippen molar-refractivity contribution in [2.45, 2.75) is 6.54 Å². The minimum atomic E-state index is -0.190. The SMILES string of the molecule is Cn1nncc1C(=O)NCc1ccncc1. The Bertz CT molecular complexity index is 479. The molecule has 1 amide bonds. The van der Waals surface area contributed by atoms with Crippen LogP contribution in [-0.2, 0) is 13.6 Å². The summed E-state index contributed by atoms with van der Waals surface area (Å²) in [4.78, 5) is 15.6. The molecule has 6 heteroatoms. The third kappa shape index (κ3) is 2.22. The summed E-state index contributed by atoms with van der Waals surface area (Å²) < 4.78 is 1.43. The molecule has 2 aromatic heterocycles. The Morgan fingerprint density at radius 3 is 2.81 bits per heavy atom. The number of amides is 1. The summed E-state index contributed by atoms with van der Waals surface area (Å²) in [7, 11) is 1.67. The fourth-order valence-corrected chi connectivity index (χ4v) is 1.27. The molecule has 0 unspecified atom stereocenters. The number of carbonyl (C=O) groups is 1. The molecular formula is C10H11N5O. The van der Waals surface area contributed by atoms with Crippen LogP contribution < -0.4 is 5.32 Å². The highest BCUT2D eigenvalue weighted by molar-refractivity contribution is 5.92. The van der Waals surface area contributed by atoms with Crippen LogP contribution in [0.5, 0.6) is 0 Å². The number of nitrogens with zero attached hydrogens (tertiary/aromatic N) is 4. The largest absolute Gasteiger partial charge is 0.347 e. The van der Waals surface area contributed by atoms with E-state index in [-0.39, 0.29) is 5.91 Å². The van der Waals surface area contributed by atoms with Gasteiger partial charge >= 0.3 is 0 Å². The van der Waals surface area contributed by atoms with E-state index in [9.17, 15) is 4.79 Å². The highest BCUT2D eigenvalue weighted by Gasteiger charge is 2.09. The van der Waals surface area contributed by atoms with Gasteiger partial charge in [0.25, 0.3) is 5.91 Å². The van der Waals surface area contributed by atoms with E-state index < -0.39 is 0 Å². The van der Waals surface area contributed by atoms with Gasteiger partial charge < -0.3 is 5.32 Å². The van der Waals surface area contributed by atoms with Crippen LogP contribution in [-0.4, -0.2) is 25.9 Å². The molecule has 0 saturated heterocycles. The van der Waals surface area contributed by atoms with Crippen molar-refractivity contribution in [3.63, 3.8) is 0 Å². The lowest BCUT2D eigenvalue weighted by molar-refractivity contribution is 0.0941. The number of hydrogen-bond donors (Lipinski definition) is 1. The third-order valence-corrected chi connectivity index (χ3v) is 2.15. The van der Waals surface area contributed by atoms with Crippen molar-refractivity contribution in [1.82, 2.24) is 25.3 Å². The highest BCUT2D eigenvalue weighted by atomic mass is 16.2. The molecule has 0 aliphatic heterocycles. The lowest BCUT2D eigenvalue weighted by Crippen LogP contribution is -2.25. The number of rotatable bonds is 3. The fraction of sp³-hybridized carbons (Fsp3) is 0.200. The van der Waals surface area contributed by atoms with Gasteiger partial charge in [0.15, 0.2) is 0 Å². The third-order valence-electron chi connectivity index (χ3n) is 2.15. The predicted octanol–water partition coefficient (Wildman–Crippen LogP) is 0.140. The van der Waals surface area contributed by atoms with Gasteiger partial charge in [0.1, 0.15) is 5.69 Å². The van der Waals surface area contributed by atoms with E-state index in [1.165, 1.54) is 10.9 Å². The maximum Gasteiger partial charge on any atom is 0.271 e. The standard InChI is InChI=1S/C10H11N5O/c1-15-9(7-13-14-15)10(16)12-6-8-2-4-11-5-3-8/h2-5,7H,6H2,1H3,(H,12,16). The number of hydrogen-bond acceptors (Lipinski definition) is 4. The van der Waals surface area contributed by atoms with Gasteiger partial charge in [-0.15, -0.1) is 5.10 Å². The molecule has 0 fully saturated rings. The van der Waals surface area contributed by atoms with E-state index in [1.807, 2.05) is 12.1 Å². The first-order valence-electron chi connectivity index (χ1n) is 4.79. The Balaban J connectivity index is 1.97. The van der Waals surface area contributed by atoms with Gasteiger partial charge in [-0.05, 0) is 17.7 Å². The normalized spacial score (nSPS) is 10.1. The second kappa shape index (κ2) is 4.52. The maximum absolute atomic E-state index is 11.7. The van der Waals surface area contributed by atoms with E-state index in [2.05, 4.69) is 20.6 Å². The molecule has 0 radical (unpaired) electrons. The van der Waals surface area contributed by atoms with Crippen LogP contribution in [0.25, 0.3) is 0 Å². The van der Waals surface area contributed by atoms with Crippen LogP contribution in [0.15, 0.2) is 30.7 Å². The minimum absolute atomic E-state index is 0.190. The van der Waals surface area contributed by atoms with Crippen molar-refractivity contribution >= 4 is 5.91 Å². The summed E-state index contributed by atoms with van der Waals surface area (Å²) in [5.74, 6) is -0.190. The van der Waals surface area contributed by atoms with Gasteiger partial charge in [-0.3, -0.25) is 9.78 Å². The molecule has 0 saturated carbocycles. The van der Waals surface area contributed by atoms with Crippen LogP contribution in [0.4, 0.5) is 0 Å². The molecule has 0 bridgehead atoms. The summed E-state index contributed by atoms with van der Waals surface area (Å²) in [6.45, 7) is 0.465. The Hall–Kier alpha value is -2.24. The van der Waals surface area contributed by atoms with Gasteiger partial charge in [0.2, 0.25) is 0 Å².